The van der Waals surface area contributed by atoms with Gasteiger partial charge in [-0.2, -0.15) is 5.26 Å². The average Bonchev–Trinajstić information content (AvgIpc) is 3.43. The van der Waals surface area contributed by atoms with E-state index in [0.717, 1.165) is 24.2 Å². The predicted octanol–water partition coefficient (Wildman–Crippen LogP) is 1.11. The van der Waals surface area contributed by atoms with E-state index < -0.39 is 35.5 Å². The van der Waals surface area contributed by atoms with Gasteiger partial charge in [-0.25, -0.2) is 9.48 Å². The molecule has 2 fully saturated rings. The van der Waals surface area contributed by atoms with Gasteiger partial charge in [0.1, 0.15) is 23.9 Å². The van der Waals surface area contributed by atoms with Gasteiger partial charge >= 0.3 is 6.03 Å². The van der Waals surface area contributed by atoms with E-state index in [1.807, 2.05) is 0 Å². The van der Waals surface area contributed by atoms with Crippen molar-refractivity contribution in [1.82, 2.24) is 35.3 Å². The monoisotopic (exact) mass is 436 g/mol. The molecule has 11 heteroatoms. The first-order chi connectivity index (χ1) is 15.3. The molecular formula is C21H24N8O3. The highest BCUT2D eigenvalue weighted by Crippen LogP contribution is 2.33. The molecule has 1 aliphatic heterocycles. The van der Waals surface area contributed by atoms with Gasteiger partial charge in [-0.05, 0) is 47.9 Å². The Hall–Kier alpha value is -3.81. The van der Waals surface area contributed by atoms with Gasteiger partial charge in [-0.3, -0.25) is 14.5 Å². The Kier molecular flexibility index (Phi) is 5.38. The second kappa shape index (κ2) is 8.03. The molecule has 32 heavy (non-hydrogen) atoms. The summed E-state index contributed by atoms with van der Waals surface area (Å²) in [6.07, 6.45) is 5.36. The first kappa shape index (κ1) is 21.4. The summed E-state index contributed by atoms with van der Waals surface area (Å²) >= 11 is 0. The SMILES string of the molecule is CN(C(=O)CN1C(=O)N[C@](C)(c2cccc(-n3cnnn3)c2)C1=O)C1(C#N)CCCCC1. The summed E-state index contributed by atoms with van der Waals surface area (Å²) in [5.74, 6) is -0.976. The molecule has 1 saturated carbocycles. The lowest BCUT2D eigenvalue weighted by atomic mass is 9.81. The molecule has 2 aliphatic rings. The Labute approximate surface area is 185 Å². The normalized spacial score (nSPS) is 22.3. The van der Waals surface area contributed by atoms with Crippen molar-refractivity contribution >= 4 is 17.8 Å². The predicted molar refractivity (Wildman–Crippen MR) is 111 cm³/mol. The maximum absolute atomic E-state index is 13.3. The van der Waals surface area contributed by atoms with E-state index in [1.54, 1.807) is 38.2 Å². The molecule has 1 atom stereocenters. The van der Waals surface area contributed by atoms with Crippen LogP contribution in [0.25, 0.3) is 5.69 Å². The fourth-order valence-electron chi connectivity index (χ4n) is 4.41. The third-order valence-electron chi connectivity index (χ3n) is 6.51. The molecule has 0 bridgehead atoms. The minimum absolute atomic E-state index is 0.424. The minimum Gasteiger partial charge on any atom is -0.325 e. The van der Waals surface area contributed by atoms with Crippen molar-refractivity contribution in [3.63, 3.8) is 0 Å². The lowest BCUT2D eigenvalue weighted by Gasteiger charge is -2.39. The standard InChI is InChI=1S/C21H24N8O3/c1-20(15-7-6-8-16(11-15)29-14-23-25-26-29)18(31)28(19(32)24-20)12-17(30)27(2)21(13-22)9-4-3-5-10-21/h6-8,11,14H,3-5,9-10,12H2,1-2H3,(H,24,32)/t20-/m1/s1. The molecule has 1 aliphatic carbocycles. The number of tetrazole rings is 1. The smallest absolute Gasteiger partial charge is 0.325 e. The van der Waals surface area contributed by atoms with Gasteiger partial charge < -0.3 is 10.2 Å². The molecule has 0 radical (unpaired) electrons. The van der Waals surface area contributed by atoms with Crippen molar-refractivity contribution in [2.24, 2.45) is 0 Å². The molecule has 1 aromatic heterocycles. The van der Waals surface area contributed by atoms with E-state index in [-0.39, 0.29) is 0 Å². The van der Waals surface area contributed by atoms with E-state index >= 15 is 0 Å². The van der Waals surface area contributed by atoms with E-state index in [9.17, 15) is 19.6 Å². The van der Waals surface area contributed by atoms with E-state index in [2.05, 4.69) is 26.9 Å². The van der Waals surface area contributed by atoms with Gasteiger partial charge in [0.25, 0.3) is 5.91 Å². The van der Waals surface area contributed by atoms with Crippen molar-refractivity contribution in [1.29, 1.82) is 5.26 Å². The Morgan fingerprint density at radius 1 is 1.28 bits per heavy atom. The van der Waals surface area contributed by atoms with Crippen LogP contribution in [0.3, 0.4) is 0 Å². The highest BCUT2D eigenvalue weighted by Gasteiger charge is 2.50. The third kappa shape index (κ3) is 3.47. The molecule has 2 aromatic rings. The summed E-state index contributed by atoms with van der Waals surface area (Å²) < 4.78 is 1.44. The lowest BCUT2D eigenvalue weighted by molar-refractivity contribution is -0.141. The average molecular weight is 436 g/mol. The van der Waals surface area contributed by atoms with Crippen molar-refractivity contribution in [2.75, 3.05) is 13.6 Å². The van der Waals surface area contributed by atoms with Crippen LogP contribution in [0.4, 0.5) is 4.79 Å². The fraction of sp³-hybridized carbons (Fsp3) is 0.476. The summed E-state index contributed by atoms with van der Waals surface area (Å²) in [5, 5.41) is 23.5. The van der Waals surface area contributed by atoms with E-state index in [4.69, 9.17) is 0 Å². The molecule has 11 nitrogen and oxygen atoms in total. The summed E-state index contributed by atoms with van der Waals surface area (Å²) in [6.45, 7) is 1.17. The van der Waals surface area contributed by atoms with E-state index in [0.29, 0.717) is 24.1 Å². The molecule has 1 N–H and O–H groups in total. The summed E-state index contributed by atoms with van der Waals surface area (Å²) in [7, 11) is 1.57. The molecule has 2 heterocycles. The molecule has 4 amide bonds. The van der Waals surface area contributed by atoms with Gasteiger partial charge in [-0.15, -0.1) is 5.10 Å². The Bertz CT molecular complexity index is 1090. The van der Waals surface area contributed by atoms with Gasteiger partial charge in [0.05, 0.1) is 11.8 Å². The molecule has 1 saturated heterocycles. The maximum atomic E-state index is 13.3. The number of rotatable bonds is 5. The van der Waals surface area contributed by atoms with Crippen LogP contribution in [-0.4, -0.2) is 67.0 Å². The van der Waals surface area contributed by atoms with Crippen LogP contribution in [0.2, 0.25) is 0 Å². The number of likely N-dealkylation sites (N-methyl/N-ethyl adjacent to an activating group) is 1. The third-order valence-corrected chi connectivity index (χ3v) is 6.51. The zero-order valence-electron chi connectivity index (χ0n) is 18.0. The maximum Gasteiger partial charge on any atom is 0.325 e. The number of nitriles is 1. The molecule has 0 unspecified atom stereocenters. The minimum atomic E-state index is -1.35. The lowest BCUT2D eigenvalue weighted by Crippen LogP contribution is -2.53. The Balaban J connectivity index is 1.55. The van der Waals surface area contributed by atoms with Crippen LogP contribution in [0.1, 0.15) is 44.6 Å². The number of nitrogens with one attached hydrogen (secondary N) is 1. The molecule has 166 valence electrons. The number of carbonyl (C=O) groups is 3. The highest BCUT2D eigenvalue weighted by molar-refractivity contribution is 6.09. The largest absolute Gasteiger partial charge is 0.325 e. The van der Waals surface area contributed by atoms with Crippen LogP contribution in [0.5, 0.6) is 0 Å². The number of amides is 4. The second-order valence-corrected chi connectivity index (χ2v) is 8.41. The number of hydrogen-bond acceptors (Lipinski definition) is 7. The highest BCUT2D eigenvalue weighted by atomic mass is 16.2. The van der Waals surface area contributed by atoms with Crippen LogP contribution >= 0.6 is 0 Å². The van der Waals surface area contributed by atoms with E-state index in [1.165, 1.54) is 15.9 Å². The van der Waals surface area contributed by atoms with Crippen molar-refractivity contribution in [3.8, 4) is 11.8 Å². The molecular weight excluding hydrogens is 412 g/mol. The van der Waals surface area contributed by atoms with Gasteiger partial charge in [-0.1, -0.05) is 31.4 Å². The summed E-state index contributed by atoms with van der Waals surface area (Å²) in [5.41, 5.74) is -1.08. The number of urea groups is 1. The zero-order valence-corrected chi connectivity index (χ0v) is 18.0. The number of benzene rings is 1. The molecule has 4 rings (SSSR count). The van der Waals surface area contributed by atoms with Crippen molar-refractivity contribution < 1.29 is 14.4 Å². The Morgan fingerprint density at radius 2 is 2.03 bits per heavy atom. The molecule has 0 spiro atoms. The second-order valence-electron chi connectivity index (χ2n) is 8.41. The topological polar surface area (TPSA) is 137 Å². The first-order valence-electron chi connectivity index (χ1n) is 10.5. The van der Waals surface area contributed by atoms with Gasteiger partial charge in [0, 0.05) is 7.05 Å². The number of hydrogen-bond donors (Lipinski definition) is 1. The quantitative estimate of drug-likeness (QED) is 0.693. The first-order valence-corrected chi connectivity index (χ1v) is 10.5. The van der Waals surface area contributed by atoms with Crippen molar-refractivity contribution in [2.45, 2.75) is 50.1 Å². The number of imide groups is 1. The van der Waals surface area contributed by atoms with Crippen molar-refractivity contribution in [3.05, 3.63) is 36.2 Å². The zero-order chi connectivity index (χ0) is 22.9. The number of aromatic nitrogens is 4. The van der Waals surface area contributed by atoms with Gasteiger partial charge in [0.15, 0.2) is 0 Å². The molecule has 1 aromatic carbocycles. The van der Waals surface area contributed by atoms with Crippen LogP contribution < -0.4 is 5.32 Å². The van der Waals surface area contributed by atoms with Crippen LogP contribution in [0, 0.1) is 11.3 Å². The summed E-state index contributed by atoms with van der Waals surface area (Å²) in [4.78, 5) is 41.3. The van der Waals surface area contributed by atoms with Crippen LogP contribution in [-0.2, 0) is 15.1 Å². The fourth-order valence-corrected chi connectivity index (χ4v) is 4.41. The van der Waals surface area contributed by atoms with Gasteiger partial charge in [0.2, 0.25) is 5.91 Å². The summed E-state index contributed by atoms with van der Waals surface area (Å²) in [6, 6.07) is 8.57. The number of carbonyl (C=O) groups excluding carboxylic acids is 3. The van der Waals surface area contributed by atoms with Crippen LogP contribution in [0.15, 0.2) is 30.6 Å². The number of nitrogens with zero attached hydrogens (tertiary/aromatic N) is 7. The Morgan fingerprint density at radius 3 is 2.69 bits per heavy atom.